The lowest BCUT2D eigenvalue weighted by Gasteiger charge is -2.00. The number of rotatable bonds is 5. The van der Waals surface area contributed by atoms with Crippen molar-refractivity contribution < 1.29 is 14.1 Å². The van der Waals surface area contributed by atoms with E-state index in [0.29, 0.717) is 18.7 Å². The van der Waals surface area contributed by atoms with Gasteiger partial charge in [-0.1, -0.05) is 30.3 Å². The molecule has 0 atom stereocenters. The molecule has 0 aliphatic heterocycles. The number of hydrogen-bond acceptors (Lipinski definition) is 4. The summed E-state index contributed by atoms with van der Waals surface area (Å²) >= 11 is 0. The number of hydrogen-bond donors (Lipinski definition) is 1. The van der Waals surface area contributed by atoms with Crippen LogP contribution in [-0.2, 0) is 11.2 Å². The largest absolute Gasteiger partial charge is 0.305 e. The van der Waals surface area contributed by atoms with E-state index >= 15 is 0 Å². The van der Waals surface area contributed by atoms with E-state index < -0.39 is 0 Å². The SMILES string of the molecule is CN(C)[n+]1cc(NC(=O)CCc2ccccc2)on1. The van der Waals surface area contributed by atoms with Crippen LogP contribution in [0.4, 0.5) is 5.88 Å². The van der Waals surface area contributed by atoms with Crippen molar-refractivity contribution in [1.82, 2.24) is 5.27 Å². The van der Waals surface area contributed by atoms with Gasteiger partial charge in [-0.05, 0) is 12.0 Å². The van der Waals surface area contributed by atoms with E-state index in [1.807, 2.05) is 44.4 Å². The molecule has 0 saturated carbocycles. The molecule has 100 valence electrons. The number of amides is 1. The number of carbonyl (C=O) groups is 1. The Kier molecular flexibility index (Phi) is 4.12. The Morgan fingerprint density at radius 3 is 2.74 bits per heavy atom. The molecule has 0 radical (unpaired) electrons. The summed E-state index contributed by atoms with van der Waals surface area (Å²) in [7, 11) is 3.65. The Bertz CT molecular complexity index is 537. The molecule has 0 saturated heterocycles. The minimum absolute atomic E-state index is 0.0918. The minimum Gasteiger partial charge on any atom is -0.289 e. The molecule has 0 spiro atoms. The monoisotopic (exact) mass is 261 g/mol. The van der Waals surface area contributed by atoms with E-state index in [1.54, 1.807) is 11.2 Å². The smallest absolute Gasteiger partial charge is 0.289 e. The maximum absolute atomic E-state index is 11.7. The summed E-state index contributed by atoms with van der Waals surface area (Å²) in [6, 6.07) is 9.88. The summed E-state index contributed by atoms with van der Waals surface area (Å²) in [5.41, 5.74) is 1.14. The van der Waals surface area contributed by atoms with Crippen molar-refractivity contribution in [3.8, 4) is 0 Å². The molecule has 0 bridgehead atoms. The lowest BCUT2D eigenvalue weighted by Crippen LogP contribution is -2.53. The highest BCUT2D eigenvalue weighted by Gasteiger charge is 2.15. The zero-order chi connectivity index (χ0) is 13.7. The fraction of sp³-hybridized carbons (Fsp3) is 0.308. The van der Waals surface area contributed by atoms with Crippen LogP contribution in [0.15, 0.2) is 41.1 Å². The molecule has 1 amide bonds. The van der Waals surface area contributed by atoms with E-state index in [-0.39, 0.29) is 5.91 Å². The minimum atomic E-state index is -0.0918. The third-order valence-corrected chi connectivity index (χ3v) is 2.61. The molecule has 19 heavy (non-hydrogen) atoms. The molecule has 1 N–H and O–H groups in total. The van der Waals surface area contributed by atoms with Gasteiger partial charge in [-0.15, -0.1) is 0 Å². The Labute approximate surface area is 111 Å². The van der Waals surface area contributed by atoms with Gasteiger partial charge in [0.1, 0.15) is 0 Å². The Balaban J connectivity index is 1.84. The second-order valence-electron chi connectivity index (χ2n) is 4.37. The van der Waals surface area contributed by atoms with E-state index in [1.165, 1.54) is 4.79 Å². The molecule has 1 aromatic heterocycles. The van der Waals surface area contributed by atoms with Crippen LogP contribution in [0.2, 0.25) is 0 Å². The van der Waals surface area contributed by atoms with Gasteiger partial charge >= 0.3 is 5.88 Å². The molecule has 0 aliphatic carbocycles. The lowest BCUT2D eigenvalue weighted by atomic mass is 10.1. The predicted molar refractivity (Wildman–Crippen MR) is 70.2 cm³/mol. The molecule has 2 aromatic rings. The molecular weight excluding hydrogens is 244 g/mol. The van der Waals surface area contributed by atoms with Gasteiger partial charge in [0.05, 0.1) is 18.9 Å². The van der Waals surface area contributed by atoms with Crippen LogP contribution < -0.4 is 15.1 Å². The van der Waals surface area contributed by atoms with Gasteiger partial charge in [-0.2, -0.15) is 5.01 Å². The Hall–Kier alpha value is -2.37. The molecule has 1 heterocycles. The van der Waals surface area contributed by atoms with E-state index in [0.717, 1.165) is 5.56 Å². The molecule has 6 nitrogen and oxygen atoms in total. The van der Waals surface area contributed by atoms with Gasteiger partial charge in [-0.3, -0.25) is 14.6 Å². The standard InChI is InChI=1S/C13H16N4O2/c1-16(2)17-10-13(19-15-17)14-12(18)9-8-11-6-4-3-5-7-11/h3-7,10H,8-9H2,1-2H3/p+1. The molecule has 0 fully saturated rings. The van der Waals surface area contributed by atoms with Gasteiger partial charge in [0.25, 0.3) is 6.20 Å². The molecular formula is C13H17N4O2+. The summed E-state index contributed by atoms with van der Waals surface area (Å²) in [6.07, 6.45) is 2.72. The van der Waals surface area contributed by atoms with Crippen LogP contribution >= 0.6 is 0 Å². The molecule has 2 rings (SSSR count). The second-order valence-corrected chi connectivity index (χ2v) is 4.37. The van der Waals surface area contributed by atoms with Crippen molar-refractivity contribution in [1.29, 1.82) is 0 Å². The fourth-order valence-electron chi connectivity index (χ4n) is 1.58. The summed E-state index contributed by atoms with van der Waals surface area (Å²) in [4.78, 5) is 13.2. The first kappa shape index (κ1) is 13.1. The summed E-state index contributed by atoms with van der Waals surface area (Å²) < 4.78 is 4.99. The van der Waals surface area contributed by atoms with Crippen molar-refractivity contribution in [2.24, 2.45) is 0 Å². The Morgan fingerprint density at radius 2 is 2.11 bits per heavy atom. The molecule has 0 unspecified atom stereocenters. The summed E-state index contributed by atoms with van der Waals surface area (Å²) in [5.74, 6) is 0.248. The van der Waals surface area contributed by atoms with Crippen molar-refractivity contribution in [3.05, 3.63) is 42.1 Å². The van der Waals surface area contributed by atoms with Crippen molar-refractivity contribution in [2.45, 2.75) is 12.8 Å². The number of carbonyl (C=O) groups excluding carboxylic acids is 1. The van der Waals surface area contributed by atoms with Crippen molar-refractivity contribution in [2.75, 3.05) is 24.4 Å². The maximum atomic E-state index is 11.7. The number of anilines is 1. The van der Waals surface area contributed by atoms with Crippen molar-refractivity contribution >= 4 is 11.8 Å². The number of nitrogens with zero attached hydrogens (tertiary/aromatic N) is 3. The van der Waals surface area contributed by atoms with Crippen LogP contribution in [0, 0.1) is 0 Å². The third kappa shape index (κ3) is 3.80. The zero-order valence-corrected chi connectivity index (χ0v) is 11.0. The van der Waals surface area contributed by atoms with Gasteiger partial charge in [0.15, 0.2) is 0 Å². The van der Waals surface area contributed by atoms with Crippen LogP contribution in [0.1, 0.15) is 12.0 Å². The number of aromatic nitrogens is 2. The highest BCUT2D eigenvalue weighted by atomic mass is 16.5. The molecule has 6 heteroatoms. The average Bonchev–Trinajstić information content (AvgIpc) is 2.86. The van der Waals surface area contributed by atoms with Crippen LogP contribution in [0.25, 0.3) is 0 Å². The average molecular weight is 261 g/mol. The number of nitrogens with one attached hydrogen (secondary N) is 1. The Morgan fingerprint density at radius 1 is 1.37 bits per heavy atom. The highest BCUT2D eigenvalue weighted by Crippen LogP contribution is 2.05. The number of aryl methyl sites for hydroxylation is 1. The summed E-state index contributed by atoms with van der Waals surface area (Å²) in [6.45, 7) is 0. The lowest BCUT2D eigenvalue weighted by molar-refractivity contribution is -0.753. The topological polar surface area (TPSA) is 62.2 Å². The van der Waals surface area contributed by atoms with Gasteiger partial charge in [-0.25, -0.2) is 0 Å². The van der Waals surface area contributed by atoms with Gasteiger partial charge in [0.2, 0.25) is 11.2 Å². The summed E-state index contributed by atoms with van der Waals surface area (Å²) in [5, 5.41) is 8.14. The van der Waals surface area contributed by atoms with Crippen LogP contribution in [0.3, 0.4) is 0 Å². The van der Waals surface area contributed by atoms with E-state index in [9.17, 15) is 4.79 Å². The second kappa shape index (κ2) is 5.99. The maximum Gasteiger partial charge on any atom is 0.305 e. The van der Waals surface area contributed by atoms with E-state index in [2.05, 4.69) is 10.6 Å². The first-order valence-electron chi connectivity index (χ1n) is 6.05. The molecule has 1 aromatic carbocycles. The van der Waals surface area contributed by atoms with Crippen LogP contribution in [0.5, 0.6) is 0 Å². The van der Waals surface area contributed by atoms with Gasteiger partial charge in [0, 0.05) is 6.42 Å². The first-order valence-corrected chi connectivity index (χ1v) is 6.05. The van der Waals surface area contributed by atoms with E-state index in [4.69, 9.17) is 4.52 Å². The highest BCUT2D eigenvalue weighted by molar-refractivity contribution is 5.89. The fourth-order valence-corrected chi connectivity index (χ4v) is 1.58. The first-order chi connectivity index (χ1) is 9.15. The van der Waals surface area contributed by atoms with Gasteiger partial charge < -0.3 is 0 Å². The molecule has 0 aliphatic rings. The quantitative estimate of drug-likeness (QED) is 0.806. The normalized spacial score (nSPS) is 10.2. The van der Waals surface area contributed by atoms with Crippen LogP contribution in [-0.4, -0.2) is 25.3 Å². The zero-order valence-electron chi connectivity index (χ0n) is 11.0. The predicted octanol–water partition coefficient (Wildman–Crippen LogP) is 0.731. The third-order valence-electron chi connectivity index (χ3n) is 2.61. The number of benzene rings is 1. The van der Waals surface area contributed by atoms with Crippen molar-refractivity contribution in [3.63, 3.8) is 0 Å².